The minimum atomic E-state index is -4.24. The Morgan fingerprint density at radius 3 is 2.11 bits per heavy atom. The fraction of sp³-hybridized carbons (Fsp3) is 1.00. The van der Waals surface area contributed by atoms with Crippen LogP contribution in [0.15, 0.2) is 0 Å². The first-order chi connectivity index (χ1) is 3.88. The van der Waals surface area contributed by atoms with Gasteiger partial charge >= 0.3 is 10.1 Å². The lowest BCUT2D eigenvalue weighted by Gasteiger charge is -1.94. The highest BCUT2D eigenvalue weighted by molar-refractivity contribution is 7.88. The highest BCUT2D eigenvalue weighted by atomic mass is 35.5. The summed E-state index contributed by atoms with van der Waals surface area (Å²) in [7, 11) is -4.24. The average molecular weight is 173 g/mol. The van der Waals surface area contributed by atoms with Crippen LogP contribution < -0.4 is 0 Å². The number of ether oxygens (including phenoxy) is 1. The van der Waals surface area contributed by atoms with Gasteiger partial charge in [-0.1, -0.05) is 11.6 Å². The minimum Gasteiger partial charge on any atom is -0.334 e. The summed E-state index contributed by atoms with van der Waals surface area (Å²) in [6.45, 7) is 1.46. The summed E-state index contributed by atoms with van der Waals surface area (Å²) < 4.78 is 31.3. The summed E-state index contributed by atoms with van der Waals surface area (Å²) >= 11 is 5.21. The van der Waals surface area contributed by atoms with E-state index >= 15 is 0 Å². The lowest BCUT2D eigenvalue weighted by atomic mass is 10.6. The molecule has 1 rings (SSSR count). The molecule has 0 aromatic rings. The number of halogens is 1. The molecule has 1 N–H and O–H groups in total. The van der Waals surface area contributed by atoms with Crippen LogP contribution in [0.5, 0.6) is 0 Å². The molecule has 1 fully saturated rings. The molecule has 1 saturated heterocycles. The summed E-state index contributed by atoms with van der Waals surface area (Å²) in [6, 6.07) is 0. The number of rotatable bonds is 1. The molecule has 4 nitrogen and oxygen atoms in total. The number of hydrogen-bond acceptors (Lipinski definition) is 3. The Morgan fingerprint density at radius 1 is 1.78 bits per heavy atom. The zero-order chi connectivity index (χ0) is 7.28. The summed E-state index contributed by atoms with van der Waals surface area (Å²) in [5, 5.41) is 0. The predicted molar refractivity (Wildman–Crippen MR) is 30.7 cm³/mol. The van der Waals surface area contributed by atoms with Gasteiger partial charge in [-0.25, -0.2) is 0 Å². The molecule has 1 aliphatic rings. The largest absolute Gasteiger partial charge is 0.334 e. The highest BCUT2D eigenvalue weighted by Crippen LogP contribution is 2.44. The van der Waals surface area contributed by atoms with Crippen molar-refractivity contribution in [1.29, 1.82) is 0 Å². The molecular formula is C3H5ClO4S. The van der Waals surface area contributed by atoms with E-state index in [2.05, 4.69) is 4.74 Å². The van der Waals surface area contributed by atoms with Crippen molar-refractivity contribution >= 4 is 21.7 Å². The van der Waals surface area contributed by atoms with E-state index in [4.69, 9.17) is 16.2 Å². The molecule has 54 valence electrons. The van der Waals surface area contributed by atoms with Gasteiger partial charge < -0.3 is 4.74 Å². The Bertz CT molecular complexity index is 222. The average Bonchev–Trinajstić information content (AvgIpc) is 2.13. The van der Waals surface area contributed by atoms with Crippen LogP contribution in [0, 0.1) is 0 Å². The van der Waals surface area contributed by atoms with E-state index in [0.717, 1.165) is 0 Å². The van der Waals surface area contributed by atoms with Gasteiger partial charge in [-0.15, -0.1) is 0 Å². The molecular weight excluding hydrogens is 168 g/mol. The smallest absolute Gasteiger partial charge is 0.313 e. The second-order valence-corrected chi connectivity index (χ2v) is 4.16. The van der Waals surface area contributed by atoms with Crippen molar-refractivity contribution in [2.45, 2.75) is 17.4 Å². The van der Waals surface area contributed by atoms with Crippen LogP contribution in [-0.2, 0) is 14.9 Å². The van der Waals surface area contributed by atoms with Gasteiger partial charge in [0.1, 0.15) is 6.10 Å². The van der Waals surface area contributed by atoms with E-state index in [9.17, 15) is 8.42 Å². The second-order valence-electron chi connectivity index (χ2n) is 1.82. The molecule has 0 bridgehead atoms. The fourth-order valence-corrected chi connectivity index (χ4v) is 1.30. The molecule has 2 atom stereocenters. The van der Waals surface area contributed by atoms with Crippen LogP contribution in [0.1, 0.15) is 6.92 Å². The standard InChI is InChI=1S/C3H5ClO4S/c1-2-3(4,8-2)9(5,6)7/h2H,1H3,(H,5,6,7). The lowest BCUT2D eigenvalue weighted by Crippen LogP contribution is -2.18. The molecule has 0 spiro atoms. The van der Waals surface area contributed by atoms with Crippen molar-refractivity contribution in [3.63, 3.8) is 0 Å². The van der Waals surface area contributed by atoms with E-state index in [0.29, 0.717) is 0 Å². The minimum absolute atomic E-state index is 0.617. The maximum atomic E-state index is 10.2. The summed E-state index contributed by atoms with van der Waals surface area (Å²) in [5.41, 5.74) is 0. The van der Waals surface area contributed by atoms with Crippen LogP contribution in [0.4, 0.5) is 0 Å². The van der Waals surface area contributed by atoms with Gasteiger partial charge in [0.05, 0.1) is 0 Å². The number of hydrogen-bond donors (Lipinski definition) is 1. The molecule has 0 amide bonds. The summed E-state index contributed by atoms with van der Waals surface area (Å²) in [5.74, 6) is 0. The predicted octanol–water partition coefficient (Wildman–Crippen LogP) is 0.185. The second kappa shape index (κ2) is 1.60. The van der Waals surface area contributed by atoms with Crippen LogP contribution in [0.2, 0.25) is 0 Å². The van der Waals surface area contributed by atoms with Gasteiger partial charge in [0, 0.05) is 0 Å². The Labute approximate surface area is 57.5 Å². The van der Waals surface area contributed by atoms with Gasteiger partial charge in [0.15, 0.2) is 0 Å². The molecule has 0 aliphatic carbocycles. The highest BCUT2D eigenvalue weighted by Gasteiger charge is 2.63. The number of epoxide rings is 1. The fourth-order valence-electron chi connectivity index (χ4n) is 0.478. The third-order valence-corrected chi connectivity index (χ3v) is 3.23. The number of alkyl halides is 1. The third-order valence-electron chi connectivity index (χ3n) is 1.12. The van der Waals surface area contributed by atoms with Crippen LogP contribution in [-0.4, -0.2) is 23.5 Å². The summed E-state index contributed by atoms with van der Waals surface area (Å²) in [4.78, 5) is 0. The van der Waals surface area contributed by atoms with Crippen molar-refractivity contribution in [2.75, 3.05) is 0 Å². The first kappa shape index (κ1) is 7.27. The monoisotopic (exact) mass is 172 g/mol. The Kier molecular flexibility index (Phi) is 1.29. The maximum absolute atomic E-state index is 10.2. The molecule has 0 aromatic carbocycles. The summed E-state index contributed by atoms with van der Waals surface area (Å²) in [6.07, 6.45) is -0.617. The van der Waals surface area contributed by atoms with E-state index < -0.39 is 20.6 Å². The third kappa shape index (κ3) is 0.939. The van der Waals surface area contributed by atoms with Gasteiger partial charge in [-0.05, 0) is 6.92 Å². The zero-order valence-corrected chi connectivity index (χ0v) is 6.11. The van der Waals surface area contributed by atoms with Gasteiger partial charge in [0.2, 0.25) is 0 Å². The van der Waals surface area contributed by atoms with Gasteiger partial charge in [-0.2, -0.15) is 8.42 Å². The SMILES string of the molecule is CC1OC1(Cl)S(=O)(=O)O. The molecule has 0 saturated carbocycles. The van der Waals surface area contributed by atoms with Gasteiger partial charge in [0.25, 0.3) is 4.39 Å². The molecule has 9 heavy (non-hydrogen) atoms. The Hall–Kier alpha value is 0.160. The Morgan fingerprint density at radius 2 is 2.11 bits per heavy atom. The molecule has 6 heteroatoms. The van der Waals surface area contributed by atoms with Crippen molar-refractivity contribution < 1.29 is 17.7 Å². The van der Waals surface area contributed by atoms with Crippen LogP contribution in [0.3, 0.4) is 0 Å². The maximum Gasteiger partial charge on any atom is 0.313 e. The molecule has 1 heterocycles. The van der Waals surface area contributed by atoms with E-state index in [1.807, 2.05) is 0 Å². The Balaban J connectivity index is 2.90. The lowest BCUT2D eigenvalue weighted by molar-refractivity contribution is 0.373. The van der Waals surface area contributed by atoms with Crippen molar-refractivity contribution in [2.24, 2.45) is 0 Å². The van der Waals surface area contributed by atoms with Crippen molar-refractivity contribution in [3.05, 3.63) is 0 Å². The van der Waals surface area contributed by atoms with Crippen molar-refractivity contribution in [3.8, 4) is 0 Å². The molecule has 0 aromatic heterocycles. The topological polar surface area (TPSA) is 66.9 Å². The van der Waals surface area contributed by atoms with Crippen molar-refractivity contribution in [1.82, 2.24) is 0 Å². The van der Waals surface area contributed by atoms with Crippen LogP contribution >= 0.6 is 11.6 Å². The van der Waals surface area contributed by atoms with Gasteiger partial charge in [-0.3, -0.25) is 4.55 Å². The van der Waals surface area contributed by atoms with E-state index in [-0.39, 0.29) is 0 Å². The quantitative estimate of drug-likeness (QED) is 0.348. The molecule has 0 radical (unpaired) electrons. The normalized spacial score (nSPS) is 42.8. The zero-order valence-electron chi connectivity index (χ0n) is 4.54. The molecule has 2 unspecified atom stereocenters. The van der Waals surface area contributed by atoms with E-state index in [1.54, 1.807) is 0 Å². The molecule has 1 aliphatic heterocycles. The first-order valence-corrected chi connectivity index (χ1v) is 4.03. The van der Waals surface area contributed by atoms with E-state index in [1.165, 1.54) is 6.92 Å². The van der Waals surface area contributed by atoms with Crippen LogP contribution in [0.25, 0.3) is 0 Å². The first-order valence-electron chi connectivity index (χ1n) is 2.21.